The average molecular weight is 296 g/mol. The van der Waals surface area contributed by atoms with Gasteiger partial charge in [0.15, 0.2) is 0 Å². The molecule has 0 aromatic rings. The fraction of sp³-hybridized carbons (Fsp3) is 0.941. The van der Waals surface area contributed by atoms with Crippen molar-refractivity contribution < 1.29 is 9.53 Å². The molecule has 2 saturated heterocycles. The van der Waals surface area contributed by atoms with Crippen LogP contribution in [0.5, 0.6) is 0 Å². The molecule has 0 aromatic carbocycles. The van der Waals surface area contributed by atoms with Crippen LogP contribution in [0.3, 0.4) is 0 Å². The first-order valence-corrected chi connectivity index (χ1v) is 8.57. The summed E-state index contributed by atoms with van der Waals surface area (Å²) in [7, 11) is 0. The molecule has 1 amide bonds. The van der Waals surface area contributed by atoms with Gasteiger partial charge in [0, 0.05) is 37.8 Å². The Hall–Kier alpha value is -0.610. The average Bonchev–Trinajstić information content (AvgIpc) is 2.73. The van der Waals surface area contributed by atoms with Crippen LogP contribution in [0, 0.1) is 11.3 Å². The number of hydrogen-bond acceptors (Lipinski definition) is 3. The van der Waals surface area contributed by atoms with Crippen LogP contribution in [-0.2, 0) is 9.53 Å². The molecule has 2 fully saturated rings. The van der Waals surface area contributed by atoms with Crippen molar-refractivity contribution >= 4 is 5.91 Å². The number of piperidine rings is 1. The number of nitrogens with zero attached hydrogens (tertiary/aromatic N) is 1. The summed E-state index contributed by atoms with van der Waals surface area (Å²) in [6, 6.07) is 0.689. The van der Waals surface area contributed by atoms with Crippen molar-refractivity contribution in [2.45, 2.75) is 58.9 Å². The molecule has 2 heterocycles. The third-order valence-electron chi connectivity index (χ3n) is 4.72. The van der Waals surface area contributed by atoms with E-state index in [2.05, 4.69) is 10.2 Å². The van der Waals surface area contributed by atoms with Crippen LogP contribution in [0.4, 0.5) is 0 Å². The Kier molecular flexibility index (Phi) is 6.06. The van der Waals surface area contributed by atoms with Crippen molar-refractivity contribution in [3.05, 3.63) is 0 Å². The quantitative estimate of drug-likeness (QED) is 0.869. The van der Waals surface area contributed by atoms with Crippen LogP contribution in [0.2, 0.25) is 0 Å². The van der Waals surface area contributed by atoms with E-state index in [4.69, 9.17) is 4.74 Å². The molecular formula is C17H32N2O2. The van der Waals surface area contributed by atoms with E-state index < -0.39 is 0 Å². The topological polar surface area (TPSA) is 41.6 Å². The normalized spacial score (nSPS) is 28.9. The molecule has 0 aliphatic carbocycles. The first-order chi connectivity index (χ1) is 9.97. The molecule has 2 atom stereocenters. The van der Waals surface area contributed by atoms with Gasteiger partial charge in [-0.2, -0.15) is 0 Å². The Morgan fingerprint density at radius 3 is 2.76 bits per heavy atom. The Morgan fingerprint density at radius 2 is 2.00 bits per heavy atom. The molecule has 0 spiro atoms. The molecule has 2 aliphatic heterocycles. The Morgan fingerprint density at radius 1 is 1.19 bits per heavy atom. The summed E-state index contributed by atoms with van der Waals surface area (Å²) in [6.07, 6.45) is 6.12. The van der Waals surface area contributed by atoms with Crippen LogP contribution in [0.25, 0.3) is 0 Å². The second-order valence-electron chi connectivity index (χ2n) is 7.66. The highest BCUT2D eigenvalue weighted by Crippen LogP contribution is 2.23. The zero-order valence-electron chi connectivity index (χ0n) is 14.0. The molecule has 1 N–H and O–H groups in total. The van der Waals surface area contributed by atoms with Gasteiger partial charge in [-0.25, -0.2) is 0 Å². The first kappa shape index (κ1) is 16.8. The van der Waals surface area contributed by atoms with E-state index in [9.17, 15) is 4.79 Å². The second-order valence-corrected chi connectivity index (χ2v) is 7.66. The van der Waals surface area contributed by atoms with E-state index in [0.29, 0.717) is 12.0 Å². The van der Waals surface area contributed by atoms with Gasteiger partial charge in [0.25, 0.3) is 0 Å². The number of hydrogen-bond donors (Lipinski definition) is 1. The SMILES string of the molecule is CC(C)(C)C(=O)NCC1CCCN(C2CCCOCC2)C1. The summed E-state index contributed by atoms with van der Waals surface area (Å²) >= 11 is 0. The summed E-state index contributed by atoms with van der Waals surface area (Å²) in [4.78, 5) is 14.6. The van der Waals surface area contributed by atoms with Gasteiger partial charge in [-0.3, -0.25) is 9.69 Å². The van der Waals surface area contributed by atoms with E-state index in [0.717, 1.165) is 26.3 Å². The van der Waals surface area contributed by atoms with Crippen molar-refractivity contribution in [3.63, 3.8) is 0 Å². The van der Waals surface area contributed by atoms with Crippen molar-refractivity contribution in [1.29, 1.82) is 0 Å². The number of nitrogens with one attached hydrogen (secondary N) is 1. The summed E-state index contributed by atoms with van der Waals surface area (Å²) in [5.41, 5.74) is -0.285. The number of amides is 1. The van der Waals surface area contributed by atoms with Gasteiger partial charge < -0.3 is 10.1 Å². The van der Waals surface area contributed by atoms with Crippen LogP contribution in [-0.4, -0.2) is 49.7 Å². The minimum Gasteiger partial charge on any atom is -0.381 e. The fourth-order valence-electron chi connectivity index (χ4n) is 3.35. The first-order valence-electron chi connectivity index (χ1n) is 8.57. The number of carbonyl (C=O) groups excluding carboxylic acids is 1. The highest BCUT2D eigenvalue weighted by atomic mass is 16.5. The predicted molar refractivity (Wildman–Crippen MR) is 85.2 cm³/mol. The van der Waals surface area contributed by atoms with E-state index >= 15 is 0 Å². The molecule has 21 heavy (non-hydrogen) atoms. The van der Waals surface area contributed by atoms with E-state index in [1.54, 1.807) is 0 Å². The van der Waals surface area contributed by atoms with Crippen LogP contribution >= 0.6 is 0 Å². The van der Waals surface area contributed by atoms with Gasteiger partial charge in [0.05, 0.1) is 0 Å². The summed E-state index contributed by atoms with van der Waals surface area (Å²) in [5, 5.41) is 3.14. The lowest BCUT2D eigenvalue weighted by Gasteiger charge is -2.38. The molecule has 122 valence electrons. The maximum atomic E-state index is 12.0. The van der Waals surface area contributed by atoms with Crippen molar-refractivity contribution in [2.24, 2.45) is 11.3 Å². The minimum absolute atomic E-state index is 0.169. The standard InChI is InChI=1S/C17H32N2O2/c1-17(2,3)16(20)18-12-14-6-4-9-19(13-14)15-7-5-10-21-11-8-15/h14-15H,4-13H2,1-3H3,(H,18,20). The lowest BCUT2D eigenvalue weighted by atomic mass is 9.93. The second kappa shape index (κ2) is 7.59. The van der Waals surface area contributed by atoms with Crippen molar-refractivity contribution in [1.82, 2.24) is 10.2 Å². The van der Waals surface area contributed by atoms with Crippen molar-refractivity contribution in [3.8, 4) is 0 Å². The summed E-state index contributed by atoms with van der Waals surface area (Å²) < 4.78 is 5.58. The van der Waals surface area contributed by atoms with Crippen LogP contribution < -0.4 is 5.32 Å². The molecule has 0 bridgehead atoms. The van der Waals surface area contributed by atoms with Crippen LogP contribution in [0.15, 0.2) is 0 Å². The van der Waals surface area contributed by atoms with E-state index in [1.165, 1.54) is 38.6 Å². The van der Waals surface area contributed by atoms with E-state index in [-0.39, 0.29) is 11.3 Å². The number of ether oxygens (including phenoxy) is 1. The van der Waals surface area contributed by atoms with Gasteiger partial charge in [0.1, 0.15) is 0 Å². The Bertz CT molecular complexity index is 330. The molecule has 2 rings (SSSR count). The van der Waals surface area contributed by atoms with Gasteiger partial charge in [-0.05, 0) is 44.6 Å². The highest BCUT2D eigenvalue weighted by Gasteiger charge is 2.28. The third-order valence-corrected chi connectivity index (χ3v) is 4.72. The maximum absolute atomic E-state index is 12.0. The molecule has 0 aromatic heterocycles. The molecule has 4 heteroatoms. The molecule has 2 unspecified atom stereocenters. The zero-order chi connectivity index (χ0) is 15.3. The van der Waals surface area contributed by atoms with Gasteiger partial charge in [0.2, 0.25) is 5.91 Å². The fourth-order valence-corrected chi connectivity index (χ4v) is 3.35. The van der Waals surface area contributed by atoms with Gasteiger partial charge in [-0.1, -0.05) is 20.8 Å². The number of carbonyl (C=O) groups is 1. The molecule has 0 radical (unpaired) electrons. The minimum atomic E-state index is -0.285. The predicted octanol–water partition coefficient (Wildman–Crippen LogP) is 2.43. The van der Waals surface area contributed by atoms with Crippen molar-refractivity contribution in [2.75, 3.05) is 32.8 Å². The number of rotatable bonds is 3. The lowest BCUT2D eigenvalue weighted by molar-refractivity contribution is -0.128. The molecule has 0 saturated carbocycles. The summed E-state index contributed by atoms with van der Waals surface area (Å²) in [6.45, 7) is 10.9. The molecule has 4 nitrogen and oxygen atoms in total. The maximum Gasteiger partial charge on any atom is 0.225 e. The van der Waals surface area contributed by atoms with Gasteiger partial charge >= 0.3 is 0 Å². The Balaban J connectivity index is 1.79. The third kappa shape index (κ3) is 5.26. The monoisotopic (exact) mass is 296 g/mol. The smallest absolute Gasteiger partial charge is 0.225 e. The number of likely N-dealkylation sites (tertiary alicyclic amines) is 1. The Labute approximate surface area is 129 Å². The highest BCUT2D eigenvalue weighted by molar-refractivity contribution is 5.81. The van der Waals surface area contributed by atoms with E-state index in [1.807, 2.05) is 20.8 Å². The lowest BCUT2D eigenvalue weighted by Crippen LogP contribution is -2.47. The molecule has 2 aliphatic rings. The zero-order valence-corrected chi connectivity index (χ0v) is 14.0. The molecular weight excluding hydrogens is 264 g/mol. The summed E-state index contributed by atoms with van der Waals surface area (Å²) in [5.74, 6) is 0.775. The van der Waals surface area contributed by atoms with Crippen LogP contribution in [0.1, 0.15) is 52.9 Å². The van der Waals surface area contributed by atoms with Gasteiger partial charge in [-0.15, -0.1) is 0 Å². The largest absolute Gasteiger partial charge is 0.381 e.